The van der Waals surface area contributed by atoms with Gasteiger partial charge in [0.1, 0.15) is 0 Å². The van der Waals surface area contributed by atoms with E-state index in [1.54, 1.807) is 6.20 Å². The van der Waals surface area contributed by atoms with Crippen molar-refractivity contribution in [1.29, 1.82) is 0 Å². The van der Waals surface area contributed by atoms with E-state index in [-0.39, 0.29) is 11.8 Å². The van der Waals surface area contributed by atoms with Gasteiger partial charge in [-0.25, -0.2) is 0 Å². The molecule has 23 heavy (non-hydrogen) atoms. The molecule has 1 aromatic rings. The quantitative estimate of drug-likeness (QED) is 0.687. The molecule has 1 saturated heterocycles. The van der Waals surface area contributed by atoms with Crippen LogP contribution < -0.4 is 10.6 Å². The van der Waals surface area contributed by atoms with Gasteiger partial charge in [0, 0.05) is 25.4 Å². The molecule has 1 amide bonds. The average Bonchev–Trinajstić information content (AvgIpc) is 2.61. The Kier molecular flexibility index (Phi) is 8.08. The number of rotatable bonds is 9. The summed E-state index contributed by atoms with van der Waals surface area (Å²) in [6.07, 6.45) is 11.4. The molecule has 2 heterocycles. The van der Waals surface area contributed by atoms with E-state index in [2.05, 4.69) is 28.6 Å². The number of pyridine rings is 1. The predicted molar refractivity (Wildman–Crippen MR) is 94.3 cm³/mol. The van der Waals surface area contributed by atoms with Gasteiger partial charge in [-0.1, -0.05) is 25.8 Å². The molecule has 1 atom stereocenters. The number of nitrogens with one attached hydrogen (secondary N) is 2. The van der Waals surface area contributed by atoms with Crippen LogP contribution in [0.3, 0.4) is 0 Å². The molecule has 0 bridgehead atoms. The topological polar surface area (TPSA) is 54.0 Å². The zero-order valence-corrected chi connectivity index (χ0v) is 14.4. The van der Waals surface area contributed by atoms with Crippen LogP contribution in [0.2, 0.25) is 0 Å². The fourth-order valence-electron chi connectivity index (χ4n) is 3.37. The van der Waals surface area contributed by atoms with Gasteiger partial charge in [-0.2, -0.15) is 0 Å². The van der Waals surface area contributed by atoms with Crippen molar-refractivity contribution in [2.45, 2.75) is 57.8 Å². The minimum atomic E-state index is 0.169. The van der Waals surface area contributed by atoms with Crippen molar-refractivity contribution in [3.8, 4) is 0 Å². The number of carbonyl (C=O) groups is 1. The molecule has 1 unspecified atom stereocenters. The monoisotopic (exact) mass is 317 g/mol. The highest BCUT2D eigenvalue weighted by molar-refractivity contribution is 5.76. The van der Waals surface area contributed by atoms with Crippen LogP contribution in [0.25, 0.3) is 0 Å². The Hall–Kier alpha value is -1.42. The zero-order chi connectivity index (χ0) is 16.3. The normalized spacial score (nSPS) is 16.9. The second-order valence-corrected chi connectivity index (χ2v) is 6.63. The van der Waals surface area contributed by atoms with Crippen LogP contribution >= 0.6 is 0 Å². The Morgan fingerprint density at radius 1 is 1.39 bits per heavy atom. The molecular formula is C19H31N3O. The van der Waals surface area contributed by atoms with Gasteiger partial charge in [0.15, 0.2) is 0 Å². The summed E-state index contributed by atoms with van der Waals surface area (Å²) in [5.74, 6) is 1.34. The Morgan fingerprint density at radius 3 is 2.91 bits per heavy atom. The highest BCUT2D eigenvalue weighted by Crippen LogP contribution is 2.22. The molecule has 1 aliphatic heterocycles. The fourth-order valence-corrected chi connectivity index (χ4v) is 3.37. The first-order chi connectivity index (χ1) is 11.3. The zero-order valence-electron chi connectivity index (χ0n) is 14.4. The summed E-state index contributed by atoms with van der Waals surface area (Å²) >= 11 is 0. The lowest BCUT2D eigenvalue weighted by Crippen LogP contribution is -2.28. The molecule has 0 aliphatic carbocycles. The van der Waals surface area contributed by atoms with Crippen LogP contribution in [-0.2, 0) is 4.79 Å². The molecular weight excluding hydrogens is 286 g/mol. The Morgan fingerprint density at radius 2 is 2.22 bits per heavy atom. The lowest BCUT2D eigenvalue weighted by atomic mass is 9.92. The number of hydrogen-bond donors (Lipinski definition) is 2. The lowest BCUT2D eigenvalue weighted by Gasteiger charge is -2.22. The van der Waals surface area contributed by atoms with Crippen molar-refractivity contribution in [1.82, 2.24) is 15.6 Å². The summed E-state index contributed by atoms with van der Waals surface area (Å²) in [5, 5.41) is 6.49. The van der Waals surface area contributed by atoms with Crippen LogP contribution in [0.15, 0.2) is 24.5 Å². The number of nitrogens with zero attached hydrogens (tertiary/aromatic N) is 1. The molecule has 0 spiro atoms. The number of amides is 1. The van der Waals surface area contributed by atoms with Crippen molar-refractivity contribution < 1.29 is 4.79 Å². The van der Waals surface area contributed by atoms with Crippen LogP contribution in [0.5, 0.6) is 0 Å². The summed E-state index contributed by atoms with van der Waals surface area (Å²) < 4.78 is 0. The molecule has 128 valence electrons. The summed E-state index contributed by atoms with van der Waals surface area (Å²) in [6.45, 7) is 5.29. The molecule has 0 radical (unpaired) electrons. The number of unbranched alkanes of at least 4 members (excludes halogenated alkanes) is 1. The molecule has 1 aliphatic rings. The van der Waals surface area contributed by atoms with E-state index in [9.17, 15) is 4.79 Å². The second-order valence-electron chi connectivity index (χ2n) is 6.63. The minimum Gasteiger partial charge on any atom is -0.356 e. The van der Waals surface area contributed by atoms with E-state index in [0.717, 1.165) is 30.9 Å². The maximum Gasteiger partial charge on any atom is 0.220 e. The van der Waals surface area contributed by atoms with Crippen molar-refractivity contribution in [3.63, 3.8) is 0 Å². The van der Waals surface area contributed by atoms with Crippen molar-refractivity contribution in [2.75, 3.05) is 19.6 Å². The van der Waals surface area contributed by atoms with Gasteiger partial charge in [-0.05, 0) is 62.2 Å². The van der Waals surface area contributed by atoms with Crippen molar-refractivity contribution in [2.24, 2.45) is 5.92 Å². The maximum atomic E-state index is 12.1. The molecule has 0 aromatic carbocycles. The first kappa shape index (κ1) is 17.9. The maximum absolute atomic E-state index is 12.1. The third-order valence-electron chi connectivity index (χ3n) is 4.90. The second kappa shape index (κ2) is 10.4. The standard InChI is InChI=1S/C19H31N3O/c1-2-17(18-7-5-10-21-15-18)14-19(23)22-11-4-3-6-16-8-12-20-13-9-16/h5,7,10,15-17,20H,2-4,6,8-9,11-14H2,1H3,(H,22,23). The largest absolute Gasteiger partial charge is 0.356 e. The summed E-state index contributed by atoms with van der Waals surface area (Å²) in [4.78, 5) is 16.3. The molecule has 2 rings (SSSR count). The molecule has 0 saturated carbocycles. The van der Waals surface area contributed by atoms with Crippen LogP contribution in [0, 0.1) is 5.92 Å². The smallest absolute Gasteiger partial charge is 0.220 e. The third kappa shape index (κ3) is 6.69. The summed E-state index contributed by atoms with van der Waals surface area (Å²) in [7, 11) is 0. The molecule has 2 N–H and O–H groups in total. The first-order valence-corrected chi connectivity index (χ1v) is 9.17. The molecule has 4 heteroatoms. The fraction of sp³-hybridized carbons (Fsp3) is 0.684. The highest BCUT2D eigenvalue weighted by Gasteiger charge is 2.15. The number of hydrogen-bond acceptors (Lipinski definition) is 3. The summed E-state index contributed by atoms with van der Waals surface area (Å²) in [5.41, 5.74) is 1.16. The van der Waals surface area contributed by atoms with E-state index in [4.69, 9.17) is 0 Å². The molecule has 1 aromatic heterocycles. The van der Waals surface area contributed by atoms with Gasteiger partial charge in [0.25, 0.3) is 0 Å². The van der Waals surface area contributed by atoms with E-state index in [1.807, 2.05) is 12.3 Å². The van der Waals surface area contributed by atoms with E-state index >= 15 is 0 Å². The van der Waals surface area contributed by atoms with Crippen LogP contribution in [0.4, 0.5) is 0 Å². The van der Waals surface area contributed by atoms with Crippen molar-refractivity contribution >= 4 is 5.91 Å². The van der Waals surface area contributed by atoms with Crippen LogP contribution in [-0.4, -0.2) is 30.5 Å². The minimum absolute atomic E-state index is 0.169. The van der Waals surface area contributed by atoms with Gasteiger partial charge in [0.05, 0.1) is 0 Å². The summed E-state index contributed by atoms with van der Waals surface area (Å²) in [6, 6.07) is 4.00. The first-order valence-electron chi connectivity index (χ1n) is 9.17. The van der Waals surface area contributed by atoms with Gasteiger partial charge < -0.3 is 10.6 Å². The molecule has 4 nitrogen and oxygen atoms in total. The highest BCUT2D eigenvalue weighted by atomic mass is 16.1. The Balaban J connectivity index is 1.59. The van der Waals surface area contributed by atoms with Crippen molar-refractivity contribution in [3.05, 3.63) is 30.1 Å². The molecule has 1 fully saturated rings. The lowest BCUT2D eigenvalue weighted by molar-refractivity contribution is -0.121. The predicted octanol–water partition coefficient (Wildman–Crippen LogP) is 3.25. The van der Waals surface area contributed by atoms with Gasteiger partial charge in [-0.3, -0.25) is 9.78 Å². The SMILES string of the molecule is CCC(CC(=O)NCCCCC1CCNCC1)c1cccnc1. The van der Waals surface area contributed by atoms with E-state index < -0.39 is 0 Å². The number of carbonyl (C=O) groups excluding carboxylic acids is 1. The van der Waals surface area contributed by atoms with Gasteiger partial charge >= 0.3 is 0 Å². The van der Waals surface area contributed by atoms with E-state index in [1.165, 1.54) is 38.8 Å². The number of piperidine rings is 1. The average molecular weight is 317 g/mol. The van der Waals surface area contributed by atoms with Gasteiger partial charge in [0.2, 0.25) is 5.91 Å². The number of aromatic nitrogens is 1. The van der Waals surface area contributed by atoms with Crippen LogP contribution in [0.1, 0.15) is 63.4 Å². The van der Waals surface area contributed by atoms with Gasteiger partial charge in [-0.15, -0.1) is 0 Å². The van der Waals surface area contributed by atoms with E-state index in [0.29, 0.717) is 6.42 Å². The Labute approximate surface area is 140 Å². The Bertz CT molecular complexity index is 443. The third-order valence-corrected chi connectivity index (χ3v) is 4.90.